The van der Waals surface area contributed by atoms with Crippen molar-refractivity contribution in [2.75, 3.05) is 35.3 Å². The van der Waals surface area contributed by atoms with Crippen molar-refractivity contribution in [1.29, 1.82) is 5.26 Å². The van der Waals surface area contributed by atoms with E-state index < -0.39 is 36.4 Å². The molecular weight excluding hydrogens is 545 g/mol. The minimum absolute atomic E-state index is 0.0108. The van der Waals surface area contributed by atoms with Gasteiger partial charge < -0.3 is 24.8 Å². The summed E-state index contributed by atoms with van der Waals surface area (Å²) in [7, 11) is 1.51. The van der Waals surface area contributed by atoms with Gasteiger partial charge >= 0.3 is 6.18 Å². The first-order chi connectivity index (χ1) is 19.5. The number of aromatic nitrogens is 5. The number of nitriles is 1. The number of anilines is 3. The van der Waals surface area contributed by atoms with Gasteiger partial charge in [-0.15, -0.1) is 0 Å². The van der Waals surface area contributed by atoms with E-state index in [9.17, 15) is 27.9 Å². The van der Waals surface area contributed by atoms with Crippen LogP contribution in [0.5, 0.6) is 0 Å². The third-order valence-corrected chi connectivity index (χ3v) is 7.06. The summed E-state index contributed by atoms with van der Waals surface area (Å²) < 4.78 is 41.3. The zero-order valence-electron chi connectivity index (χ0n) is 21.9. The molecule has 2 N–H and O–H groups in total. The Morgan fingerprint density at radius 3 is 2.68 bits per heavy atom. The fourth-order valence-electron chi connectivity index (χ4n) is 4.87. The summed E-state index contributed by atoms with van der Waals surface area (Å²) in [4.78, 5) is 46.4. The van der Waals surface area contributed by atoms with Gasteiger partial charge in [-0.05, 0) is 31.9 Å². The lowest BCUT2D eigenvalue weighted by Crippen LogP contribution is -2.54. The molecule has 0 saturated carbocycles. The summed E-state index contributed by atoms with van der Waals surface area (Å²) in [5.74, 6) is -0.851. The molecule has 2 aliphatic rings. The molecule has 3 aromatic heterocycles. The number of hydrogen-bond donors (Lipinski definition) is 2. The summed E-state index contributed by atoms with van der Waals surface area (Å²) in [6, 6.07) is 4.11. The lowest BCUT2D eigenvalue weighted by Gasteiger charge is -2.37. The zero-order valence-corrected chi connectivity index (χ0v) is 21.9. The van der Waals surface area contributed by atoms with E-state index in [4.69, 9.17) is 5.26 Å². The molecule has 0 bridgehead atoms. The summed E-state index contributed by atoms with van der Waals surface area (Å²) in [5.41, 5.74) is 0.864. The van der Waals surface area contributed by atoms with E-state index in [-0.39, 0.29) is 42.8 Å². The molecule has 214 valence electrons. The third kappa shape index (κ3) is 5.11. The highest BCUT2D eigenvalue weighted by Crippen LogP contribution is 2.35. The standard InChI is InChI=1S/C25H25F3N10O3/c1-14(38-13-32-20-19(38)22(40)37(10-8-29)24(41)35(20)2)21(39)34-18-7-3-5-16(33-18)15-11-30-23(31-12-15)36-9-4-6-17(36)25(26,27)28/h3,5,7,11-14,17,24,41H,4,6,9-10H2,1-2H3,(H,33,34,39)/t14-,17+,24?/m0/s1. The Bertz CT molecular complexity index is 1500. The number of rotatable bonds is 6. The lowest BCUT2D eigenvalue weighted by atomic mass is 10.2. The molecular formula is C25H25F3N10O3. The molecule has 1 unspecified atom stereocenters. The van der Waals surface area contributed by atoms with Crippen molar-refractivity contribution < 1.29 is 27.9 Å². The van der Waals surface area contributed by atoms with Crippen molar-refractivity contribution in [3.05, 3.63) is 42.6 Å². The van der Waals surface area contributed by atoms with Gasteiger partial charge in [0.05, 0.1) is 18.1 Å². The second-order valence-electron chi connectivity index (χ2n) is 9.61. The van der Waals surface area contributed by atoms with Crippen molar-refractivity contribution in [1.82, 2.24) is 29.4 Å². The van der Waals surface area contributed by atoms with Gasteiger partial charge in [-0.2, -0.15) is 18.4 Å². The maximum atomic E-state index is 13.3. The second kappa shape index (κ2) is 10.7. The molecule has 5 rings (SSSR count). The Kier molecular flexibility index (Phi) is 7.22. The predicted octanol–water partition coefficient (Wildman–Crippen LogP) is 2.16. The van der Waals surface area contributed by atoms with Crippen LogP contribution in [-0.2, 0) is 4.79 Å². The summed E-state index contributed by atoms with van der Waals surface area (Å²) in [6.45, 7) is 1.39. The molecule has 1 fully saturated rings. The van der Waals surface area contributed by atoms with Crippen molar-refractivity contribution in [2.45, 2.75) is 44.4 Å². The van der Waals surface area contributed by atoms with E-state index in [2.05, 4.69) is 25.3 Å². The minimum atomic E-state index is -4.37. The monoisotopic (exact) mass is 570 g/mol. The molecule has 5 heterocycles. The molecule has 1 saturated heterocycles. The number of aliphatic hydroxyl groups is 1. The lowest BCUT2D eigenvalue weighted by molar-refractivity contribution is -0.146. The second-order valence-corrected chi connectivity index (χ2v) is 9.61. The third-order valence-electron chi connectivity index (χ3n) is 7.06. The molecule has 41 heavy (non-hydrogen) atoms. The van der Waals surface area contributed by atoms with E-state index in [1.165, 1.54) is 35.2 Å². The number of nitrogens with zero attached hydrogens (tertiary/aromatic N) is 9. The number of pyridine rings is 1. The largest absolute Gasteiger partial charge is 0.408 e. The maximum Gasteiger partial charge on any atom is 0.408 e. The molecule has 0 aliphatic carbocycles. The fourth-order valence-corrected chi connectivity index (χ4v) is 4.87. The van der Waals surface area contributed by atoms with Crippen LogP contribution in [0.3, 0.4) is 0 Å². The van der Waals surface area contributed by atoms with Crippen molar-refractivity contribution in [2.24, 2.45) is 0 Å². The van der Waals surface area contributed by atoms with Gasteiger partial charge in [-0.1, -0.05) is 6.07 Å². The van der Waals surface area contributed by atoms with Gasteiger partial charge in [-0.3, -0.25) is 14.5 Å². The summed E-state index contributed by atoms with van der Waals surface area (Å²) in [5, 5.41) is 22.1. The topological polar surface area (TPSA) is 156 Å². The van der Waals surface area contributed by atoms with Crippen molar-refractivity contribution in [3.63, 3.8) is 0 Å². The predicted molar refractivity (Wildman–Crippen MR) is 138 cm³/mol. The minimum Gasteiger partial charge on any atom is -0.356 e. The molecule has 16 heteroatoms. The number of alkyl halides is 3. The quantitative estimate of drug-likeness (QED) is 0.421. The molecule has 2 amide bonds. The van der Waals surface area contributed by atoms with Crippen molar-refractivity contribution >= 4 is 29.4 Å². The van der Waals surface area contributed by atoms with Gasteiger partial charge in [0.15, 0.2) is 11.5 Å². The first-order valence-corrected chi connectivity index (χ1v) is 12.6. The van der Waals surface area contributed by atoms with E-state index in [0.717, 1.165) is 9.80 Å². The SMILES string of the molecule is C[C@@H](C(=O)Nc1cccc(-c2cnc(N3CCC[C@@H]3C(F)(F)F)nc2)n1)n1cnc2c1C(=O)N(CC#N)C(O)N2C. The Labute approximate surface area is 231 Å². The van der Waals surface area contributed by atoms with E-state index in [1.54, 1.807) is 25.1 Å². The van der Waals surface area contributed by atoms with Crippen LogP contribution >= 0.6 is 0 Å². The van der Waals surface area contributed by atoms with Gasteiger partial charge in [0.1, 0.15) is 24.4 Å². The highest BCUT2D eigenvalue weighted by molar-refractivity contribution is 6.01. The van der Waals surface area contributed by atoms with Crippen LogP contribution in [-0.4, -0.2) is 85.0 Å². The Balaban J connectivity index is 1.32. The van der Waals surface area contributed by atoms with Gasteiger partial charge in [-0.25, -0.2) is 19.9 Å². The molecule has 2 aliphatic heterocycles. The normalized spacial score (nSPS) is 19.6. The number of nitrogens with one attached hydrogen (secondary N) is 1. The van der Waals surface area contributed by atoms with Crippen LogP contribution in [0.1, 0.15) is 36.3 Å². The average molecular weight is 571 g/mol. The van der Waals surface area contributed by atoms with Crippen LogP contribution < -0.4 is 15.1 Å². The average Bonchev–Trinajstić information content (AvgIpc) is 3.62. The van der Waals surface area contributed by atoms with Crippen LogP contribution in [0.25, 0.3) is 11.3 Å². The number of carbonyl (C=O) groups is 2. The maximum absolute atomic E-state index is 13.3. The first kappa shape index (κ1) is 27.8. The van der Waals surface area contributed by atoms with Gasteiger partial charge in [0.25, 0.3) is 5.91 Å². The van der Waals surface area contributed by atoms with E-state index in [1.807, 2.05) is 6.07 Å². The van der Waals surface area contributed by atoms with E-state index >= 15 is 0 Å². The molecule has 3 aromatic rings. The van der Waals surface area contributed by atoms with Gasteiger partial charge in [0.2, 0.25) is 18.2 Å². The smallest absolute Gasteiger partial charge is 0.356 e. The zero-order chi connectivity index (χ0) is 29.5. The highest BCUT2D eigenvalue weighted by atomic mass is 19.4. The Morgan fingerprint density at radius 1 is 1.27 bits per heavy atom. The van der Waals surface area contributed by atoms with Crippen LogP contribution in [0.2, 0.25) is 0 Å². The number of carbonyl (C=O) groups excluding carboxylic acids is 2. The van der Waals surface area contributed by atoms with E-state index in [0.29, 0.717) is 17.7 Å². The van der Waals surface area contributed by atoms with Crippen LogP contribution in [0, 0.1) is 11.3 Å². The van der Waals surface area contributed by atoms with Crippen LogP contribution in [0.15, 0.2) is 36.9 Å². The fraction of sp³-hybridized carbons (Fsp3) is 0.400. The number of amides is 2. The molecule has 0 spiro atoms. The molecule has 3 atom stereocenters. The summed E-state index contributed by atoms with van der Waals surface area (Å²) in [6.07, 6.45) is -1.31. The number of fused-ring (bicyclic) bond motifs is 1. The van der Waals surface area contributed by atoms with Gasteiger partial charge in [0, 0.05) is 31.5 Å². The number of hydrogen-bond acceptors (Lipinski definition) is 10. The number of aliphatic hydroxyl groups excluding tert-OH is 1. The Morgan fingerprint density at radius 2 is 2.00 bits per heavy atom. The van der Waals surface area contributed by atoms with Crippen molar-refractivity contribution in [3.8, 4) is 17.3 Å². The highest BCUT2D eigenvalue weighted by Gasteiger charge is 2.47. The first-order valence-electron chi connectivity index (χ1n) is 12.6. The number of imidazole rings is 1. The Hall–Kier alpha value is -4.78. The number of halogens is 3. The molecule has 0 radical (unpaired) electrons. The molecule has 0 aromatic carbocycles. The van der Waals surface area contributed by atoms with Crippen LogP contribution in [0.4, 0.5) is 30.8 Å². The summed E-state index contributed by atoms with van der Waals surface area (Å²) >= 11 is 0. The molecule has 13 nitrogen and oxygen atoms in total.